The predicted octanol–water partition coefficient (Wildman–Crippen LogP) is 5.28. The van der Waals surface area contributed by atoms with Gasteiger partial charge in [-0.25, -0.2) is 4.79 Å². The van der Waals surface area contributed by atoms with Crippen molar-refractivity contribution in [3.63, 3.8) is 0 Å². The van der Waals surface area contributed by atoms with Crippen LogP contribution in [0.4, 0.5) is 5.69 Å². The number of hydrogen-bond acceptors (Lipinski definition) is 4. The van der Waals surface area contributed by atoms with Crippen molar-refractivity contribution < 1.29 is 4.42 Å². The molecule has 1 N–H and O–H groups in total. The van der Waals surface area contributed by atoms with Crippen LogP contribution in [-0.4, -0.2) is 6.26 Å². The Bertz CT molecular complexity index is 1100. The highest BCUT2D eigenvalue weighted by Gasteiger charge is 2.09. The molecule has 0 spiro atoms. The van der Waals surface area contributed by atoms with Crippen molar-refractivity contribution in [2.45, 2.75) is 11.4 Å². The van der Waals surface area contributed by atoms with Crippen LogP contribution in [0.15, 0.2) is 80.8 Å². The van der Waals surface area contributed by atoms with Crippen molar-refractivity contribution in [2.75, 3.05) is 11.6 Å². The van der Waals surface area contributed by atoms with E-state index in [0.29, 0.717) is 12.1 Å². The molecule has 0 radical (unpaired) electrons. The number of hydrogen-bond donors (Lipinski definition) is 1. The quantitative estimate of drug-likeness (QED) is 0.310. The first kappa shape index (κ1) is 15.8. The van der Waals surface area contributed by atoms with Gasteiger partial charge in [0.15, 0.2) is 0 Å². The smallest absolute Gasteiger partial charge is 0.336 e. The maximum Gasteiger partial charge on any atom is 0.336 e. The minimum absolute atomic E-state index is 0.322. The van der Waals surface area contributed by atoms with Crippen LogP contribution < -0.4 is 10.9 Å². The van der Waals surface area contributed by atoms with E-state index < -0.39 is 0 Å². The van der Waals surface area contributed by atoms with E-state index in [1.165, 1.54) is 4.90 Å². The summed E-state index contributed by atoms with van der Waals surface area (Å²) in [6.45, 7) is 0.564. The number of benzene rings is 3. The van der Waals surface area contributed by atoms with Crippen molar-refractivity contribution >= 4 is 39.2 Å². The van der Waals surface area contributed by atoms with Crippen molar-refractivity contribution in [3.05, 3.63) is 82.7 Å². The molecule has 124 valence electrons. The fraction of sp³-hybridized carbons (Fsp3) is 0.0952. The maximum atomic E-state index is 11.9. The number of anilines is 1. The summed E-state index contributed by atoms with van der Waals surface area (Å²) in [5.74, 6) is 0. The highest BCUT2D eigenvalue weighted by molar-refractivity contribution is 7.98. The third kappa shape index (κ3) is 3.13. The van der Waals surface area contributed by atoms with Gasteiger partial charge in [-0.3, -0.25) is 0 Å². The van der Waals surface area contributed by atoms with Crippen LogP contribution in [0.3, 0.4) is 0 Å². The Morgan fingerprint density at radius 3 is 2.60 bits per heavy atom. The second-order valence-corrected chi connectivity index (χ2v) is 6.71. The van der Waals surface area contributed by atoms with Gasteiger partial charge in [0.05, 0.1) is 0 Å². The molecule has 4 heteroatoms. The fourth-order valence-electron chi connectivity index (χ4n) is 3.07. The Morgan fingerprint density at radius 1 is 1.00 bits per heavy atom. The first-order valence-corrected chi connectivity index (χ1v) is 9.29. The second-order valence-electron chi connectivity index (χ2n) is 5.83. The van der Waals surface area contributed by atoms with E-state index in [0.717, 1.165) is 27.4 Å². The maximum absolute atomic E-state index is 11.9. The lowest BCUT2D eigenvalue weighted by Gasteiger charge is -2.11. The SMILES string of the molecule is CSc1ccc(NCc2cc(=O)oc3ccc4ccccc4c23)cc1. The molecule has 0 bridgehead atoms. The summed E-state index contributed by atoms with van der Waals surface area (Å²) >= 11 is 1.72. The zero-order valence-electron chi connectivity index (χ0n) is 13.8. The summed E-state index contributed by atoms with van der Waals surface area (Å²) in [5.41, 5.74) is 2.27. The van der Waals surface area contributed by atoms with Crippen LogP contribution in [0.25, 0.3) is 21.7 Å². The zero-order valence-corrected chi connectivity index (χ0v) is 14.6. The van der Waals surface area contributed by atoms with E-state index in [2.05, 4.69) is 48.0 Å². The summed E-state index contributed by atoms with van der Waals surface area (Å²) in [6, 6.07) is 21.9. The standard InChI is InChI=1S/C21H17NO2S/c1-25-17-9-7-16(8-10-17)22-13-15-12-20(23)24-19-11-6-14-4-2-3-5-18(14)21(15)19/h2-12,22H,13H2,1H3. The average Bonchev–Trinajstić information content (AvgIpc) is 2.66. The van der Waals surface area contributed by atoms with Crippen molar-refractivity contribution in [1.29, 1.82) is 0 Å². The molecule has 0 amide bonds. The van der Waals surface area contributed by atoms with Crippen LogP contribution in [-0.2, 0) is 6.54 Å². The first-order chi connectivity index (χ1) is 12.2. The van der Waals surface area contributed by atoms with E-state index in [1.807, 2.05) is 24.3 Å². The van der Waals surface area contributed by atoms with E-state index >= 15 is 0 Å². The minimum atomic E-state index is -0.322. The molecular formula is C21H17NO2S. The number of thioether (sulfide) groups is 1. The van der Waals surface area contributed by atoms with Crippen LogP contribution in [0.2, 0.25) is 0 Å². The molecule has 0 fully saturated rings. The summed E-state index contributed by atoms with van der Waals surface area (Å²) in [7, 11) is 0. The molecule has 4 aromatic rings. The molecular weight excluding hydrogens is 330 g/mol. The monoisotopic (exact) mass is 347 g/mol. The molecule has 0 aliphatic heterocycles. The molecule has 0 unspecified atom stereocenters. The lowest BCUT2D eigenvalue weighted by molar-refractivity contribution is 0.559. The second kappa shape index (κ2) is 6.65. The highest BCUT2D eigenvalue weighted by atomic mass is 32.2. The van der Waals surface area contributed by atoms with Gasteiger partial charge in [-0.05, 0) is 52.9 Å². The van der Waals surface area contributed by atoms with Gasteiger partial charge in [0, 0.05) is 28.6 Å². The van der Waals surface area contributed by atoms with E-state index in [4.69, 9.17) is 4.42 Å². The van der Waals surface area contributed by atoms with Crippen molar-refractivity contribution in [1.82, 2.24) is 0 Å². The fourth-order valence-corrected chi connectivity index (χ4v) is 3.47. The Morgan fingerprint density at radius 2 is 1.80 bits per heavy atom. The van der Waals surface area contributed by atoms with Gasteiger partial charge in [-0.2, -0.15) is 0 Å². The Hall–Kier alpha value is -2.72. The lowest BCUT2D eigenvalue weighted by atomic mass is 10.0. The van der Waals surface area contributed by atoms with Crippen molar-refractivity contribution in [2.24, 2.45) is 0 Å². The summed E-state index contributed by atoms with van der Waals surface area (Å²) in [4.78, 5) is 13.2. The largest absolute Gasteiger partial charge is 0.423 e. The number of nitrogens with one attached hydrogen (secondary N) is 1. The Labute approximate surface area is 149 Å². The molecule has 4 rings (SSSR count). The summed E-state index contributed by atoms with van der Waals surface area (Å²) in [6.07, 6.45) is 2.06. The van der Waals surface area contributed by atoms with Gasteiger partial charge in [0.1, 0.15) is 5.58 Å². The summed E-state index contributed by atoms with van der Waals surface area (Å²) < 4.78 is 5.41. The van der Waals surface area contributed by atoms with Crippen LogP contribution in [0.1, 0.15) is 5.56 Å². The molecule has 1 aromatic heterocycles. The molecule has 3 aromatic carbocycles. The molecule has 1 heterocycles. The molecule has 0 saturated heterocycles. The molecule has 25 heavy (non-hydrogen) atoms. The third-order valence-electron chi connectivity index (χ3n) is 4.29. The average molecular weight is 347 g/mol. The van der Waals surface area contributed by atoms with Gasteiger partial charge in [-0.15, -0.1) is 11.8 Å². The molecule has 3 nitrogen and oxygen atoms in total. The number of rotatable bonds is 4. The normalized spacial score (nSPS) is 11.1. The van der Waals surface area contributed by atoms with Gasteiger partial charge in [0.25, 0.3) is 0 Å². The van der Waals surface area contributed by atoms with Crippen LogP contribution in [0, 0.1) is 0 Å². The van der Waals surface area contributed by atoms with Crippen LogP contribution >= 0.6 is 11.8 Å². The van der Waals surface area contributed by atoms with Crippen molar-refractivity contribution in [3.8, 4) is 0 Å². The lowest BCUT2D eigenvalue weighted by Crippen LogP contribution is -2.06. The van der Waals surface area contributed by atoms with E-state index in [1.54, 1.807) is 17.8 Å². The predicted molar refractivity (Wildman–Crippen MR) is 106 cm³/mol. The van der Waals surface area contributed by atoms with E-state index in [9.17, 15) is 4.79 Å². The van der Waals surface area contributed by atoms with Gasteiger partial charge < -0.3 is 9.73 Å². The van der Waals surface area contributed by atoms with E-state index in [-0.39, 0.29) is 5.63 Å². The molecule has 0 aliphatic carbocycles. The minimum Gasteiger partial charge on any atom is -0.423 e. The first-order valence-electron chi connectivity index (χ1n) is 8.07. The van der Waals surface area contributed by atoms with Gasteiger partial charge in [0.2, 0.25) is 0 Å². The number of fused-ring (bicyclic) bond motifs is 3. The molecule has 0 atom stereocenters. The van der Waals surface area contributed by atoms with Gasteiger partial charge in [-0.1, -0.05) is 30.3 Å². The Balaban J connectivity index is 1.77. The third-order valence-corrected chi connectivity index (χ3v) is 5.03. The summed E-state index contributed by atoms with van der Waals surface area (Å²) in [5, 5.41) is 6.63. The molecule has 0 aliphatic rings. The molecule has 0 saturated carbocycles. The Kier molecular flexibility index (Phi) is 4.20. The van der Waals surface area contributed by atoms with Crippen LogP contribution in [0.5, 0.6) is 0 Å². The van der Waals surface area contributed by atoms with Gasteiger partial charge >= 0.3 is 5.63 Å². The topological polar surface area (TPSA) is 42.2 Å². The highest BCUT2D eigenvalue weighted by Crippen LogP contribution is 2.28. The zero-order chi connectivity index (χ0) is 17.2.